The Morgan fingerprint density at radius 3 is 2.37 bits per heavy atom. The van der Waals surface area contributed by atoms with Crippen molar-refractivity contribution in [3.63, 3.8) is 0 Å². The zero-order valence-electron chi connectivity index (χ0n) is 19.9. The Labute approximate surface area is 211 Å². The molecule has 0 saturated heterocycles. The molecular formula is C29H29ClN2O3. The molecule has 2 aliphatic rings. The van der Waals surface area contributed by atoms with E-state index in [9.17, 15) is 4.79 Å². The molecule has 3 aromatic carbocycles. The number of carbonyl (C=O) groups is 1. The van der Waals surface area contributed by atoms with E-state index >= 15 is 0 Å². The highest BCUT2D eigenvalue weighted by molar-refractivity contribution is 6.31. The first-order chi connectivity index (χ1) is 17.1. The number of fused-ring (bicyclic) bond motifs is 1. The first-order valence-electron chi connectivity index (χ1n) is 12.1. The molecule has 6 heteroatoms. The average molecular weight is 489 g/mol. The molecule has 0 amide bonds. The number of hydrogen-bond acceptors (Lipinski definition) is 5. The number of para-hydroxylation sites is 2. The third kappa shape index (κ3) is 4.61. The molecule has 180 valence electrons. The molecule has 3 aromatic rings. The molecular weight excluding hydrogens is 460 g/mol. The van der Waals surface area contributed by atoms with Crippen molar-refractivity contribution in [3.05, 3.63) is 94.1 Å². The molecule has 2 atom stereocenters. The van der Waals surface area contributed by atoms with Crippen molar-refractivity contribution < 1.29 is 14.3 Å². The van der Waals surface area contributed by atoms with Gasteiger partial charge in [-0.1, -0.05) is 48.0 Å². The van der Waals surface area contributed by atoms with Crippen LogP contribution in [0.5, 0.6) is 11.5 Å². The smallest absolute Gasteiger partial charge is 0.163 e. The van der Waals surface area contributed by atoms with Crippen molar-refractivity contribution in [1.29, 1.82) is 0 Å². The van der Waals surface area contributed by atoms with Gasteiger partial charge in [-0.15, -0.1) is 0 Å². The van der Waals surface area contributed by atoms with Crippen molar-refractivity contribution >= 4 is 28.8 Å². The molecule has 2 unspecified atom stereocenters. The topological polar surface area (TPSA) is 59.6 Å². The van der Waals surface area contributed by atoms with Gasteiger partial charge in [-0.3, -0.25) is 4.79 Å². The molecule has 2 N–H and O–H groups in total. The Morgan fingerprint density at radius 2 is 1.60 bits per heavy atom. The Kier molecular flexibility index (Phi) is 6.69. The van der Waals surface area contributed by atoms with Gasteiger partial charge in [0.1, 0.15) is 0 Å². The summed E-state index contributed by atoms with van der Waals surface area (Å²) in [5.41, 5.74) is 5.55. The lowest BCUT2D eigenvalue weighted by Gasteiger charge is -2.30. The number of carbonyl (C=O) groups excluding carboxylic acids is 1. The van der Waals surface area contributed by atoms with Crippen LogP contribution in [0.25, 0.3) is 0 Å². The first-order valence-corrected chi connectivity index (χ1v) is 12.5. The lowest BCUT2D eigenvalue weighted by Crippen LogP contribution is -2.27. The molecule has 1 aliphatic heterocycles. The Balaban J connectivity index is 1.61. The Bertz CT molecular complexity index is 1290. The molecule has 0 spiro atoms. The van der Waals surface area contributed by atoms with Gasteiger partial charge in [0.05, 0.1) is 30.6 Å². The summed E-state index contributed by atoms with van der Waals surface area (Å²) < 4.78 is 11.7. The number of benzene rings is 3. The summed E-state index contributed by atoms with van der Waals surface area (Å²) in [6, 6.07) is 21.5. The van der Waals surface area contributed by atoms with Gasteiger partial charge in [0, 0.05) is 22.7 Å². The summed E-state index contributed by atoms with van der Waals surface area (Å²) in [6.07, 6.45) is 1.11. The maximum absolute atomic E-state index is 13.8. The van der Waals surface area contributed by atoms with Gasteiger partial charge < -0.3 is 20.1 Å². The lowest BCUT2D eigenvalue weighted by molar-refractivity contribution is -0.116. The highest BCUT2D eigenvalue weighted by Crippen LogP contribution is 2.46. The molecule has 5 nitrogen and oxygen atoms in total. The second-order valence-corrected chi connectivity index (χ2v) is 9.17. The highest BCUT2D eigenvalue weighted by Gasteiger charge is 2.36. The molecule has 5 rings (SSSR count). The third-order valence-corrected chi connectivity index (χ3v) is 6.90. The van der Waals surface area contributed by atoms with E-state index in [0.29, 0.717) is 42.6 Å². The molecule has 0 saturated carbocycles. The maximum Gasteiger partial charge on any atom is 0.163 e. The van der Waals surface area contributed by atoms with E-state index in [1.165, 1.54) is 0 Å². The second-order valence-electron chi connectivity index (χ2n) is 8.76. The van der Waals surface area contributed by atoms with Crippen molar-refractivity contribution in [2.75, 3.05) is 23.8 Å². The first kappa shape index (κ1) is 23.3. The van der Waals surface area contributed by atoms with Crippen LogP contribution in [0.3, 0.4) is 0 Å². The second kappa shape index (κ2) is 10.0. The lowest BCUT2D eigenvalue weighted by atomic mass is 9.78. The predicted molar refractivity (Wildman–Crippen MR) is 141 cm³/mol. The summed E-state index contributed by atoms with van der Waals surface area (Å²) in [5.74, 6) is 1.51. The number of ketones is 1. The van der Waals surface area contributed by atoms with Crippen LogP contribution in [0.2, 0.25) is 5.02 Å². The zero-order chi connectivity index (χ0) is 24.4. The minimum Gasteiger partial charge on any atom is -0.490 e. The summed E-state index contributed by atoms with van der Waals surface area (Å²) in [5, 5.41) is 7.91. The van der Waals surface area contributed by atoms with E-state index in [1.54, 1.807) is 0 Å². The fraction of sp³-hybridized carbons (Fsp3) is 0.276. The summed E-state index contributed by atoms with van der Waals surface area (Å²) in [4.78, 5) is 13.8. The predicted octanol–water partition coefficient (Wildman–Crippen LogP) is 7.12. The summed E-state index contributed by atoms with van der Waals surface area (Å²) in [7, 11) is 0. The fourth-order valence-electron chi connectivity index (χ4n) is 5.02. The van der Waals surface area contributed by atoms with Crippen molar-refractivity contribution in [2.45, 2.75) is 38.6 Å². The van der Waals surface area contributed by atoms with Gasteiger partial charge >= 0.3 is 0 Å². The van der Waals surface area contributed by atoms with E-state index in [1.807, 2.05) is 80.6 Å². The van der Waals surface area contributed by atoms with Gasteiger partial charge in [0.15, 0.2) is 17.3 Å². The zero-order valence-corrected chi connectivity index (χ0v) is 20.7. The van der Waals surface area contributed by atoms with E-state index in [4.69, 9.17) is 21.1 Å². The van der Waals surface area contributed by atoms with E-state index < -0.39 is 0 Å². The summed E-state index contributed by atoms with van der Waals surface area (Å²) >= 11 is 6.52. The Morgan fingerprint density at radius 1 is 0.886 bits per heavy atom. The number of halogens is 1. The third-order valence-electron chi connectivity index (χ3n) is 6.55. The largest absolute Gasteiger partial charge is 0.490 e. The number of allylic oxidation sites excluding steroid dienone is 1. The van der Waals surface area contributed by atoms with Gasteiger partial charge in [0.25, 0.3) is 0 Å². The number of nitrogens with one attached hydrogen (secondary N) is 2. The number of anilines is 2. The average Bonchev–Trinajstić information content (AvgIpc) is 3.02. The van der Waals surface area contributed by atoms with Gasteiger partial charge in [-0.25, -0.2) is 0 Å². The SMILES string of the molecule is CCOc1ccc(C2Nc3ccccc3NC3=C2C(=O)CC(c2ccccc2Cl)C3)cc1OCC. The van der Waals surface area contributed by atoms with Crippen LogP contribution in [0, 0.1) is 0 Å². The van der Waals surface area contributed by atoms with Gasteiger partial charge in [-0.2, -0.15) is 0 Å². The maximum atomic E-state index is 13.8. The summed E-state index contributed by atoms with van der Waals surface area (Å²) in [6.45, 7) is 4.98. The fourth-order valence-corrected chi connectivity index (χ4v) is 5.31. The van der Waals surface area contributed by atoms with Crippen molar-refractivity contribution in [2.24, 2.45) is 0 Å². The standard InChI is InChI=1S/C29H29ClN2O3/c1-3-34-26-14-13-18(17-27(26)35-4-2)29-28-24(31-22-11-7-8-12-23(22)32-29)15-19(16-25(28)33)20-9-5-6-10-21(20)30/h5-14,17,19,29,31-32H,3-4,15-16H2,1-2H3. The van der Waals surface area contributed by atoms with Crippen LogP contribution in [0.4, 0.5) is 11.4 Å². The van der Waals surface area contributed by atoms with Crippen LogP contribution in [0.15, 0.2) is 78.0 Å². The molecule has 0 radical (unpaired) electrons. The van der Waals surface area contributed by atoms with Crippen LogP contribution in [-0.4, -0.2) is 19.0 Å². The van der Waals surface area contributed by atoms with E-state index in [2.05, 4.69) is 10.6 Å². The molecule has 1 aliphatic carbocycles. The minimum absolute atomic E-state index is 0.0210. The number of hydrogen-bond donors (Lipinski definition) is 2. The number of Topliss-reactive ketones (excluding diaryl/α,β-unsaturated/α-hetero) is 1. The van der Waals surface area contributed by atoms with Crippen molar-refractivity contribution in [1.82, 2.24) is 0 Å². The van der Waals surface area contributed by atoms with E-state index in [-0.39, 0.29) is 17.7 Å². The van der Waals surface area contributed by atoms with Crippen LogP contribution in [0.1, 0.15) is 49.8 Å². The van der Waals surface area contributed by atoms with Gasteiger partial charge in [0.2, 0.25) is 0 Å². The van der Waals surface area contributed by atoms with Crippen molar-refractivity contribution in [3.8, 4) is 11.5 Å². The normalized spacial score (nSPS) is 19.1. The highest BCUT2D eigenvalue weighted by atomic mass is 35.5. The van der Waals surface area contributed by atoms with Crippen LogP contribution >= 0.6 is 11.6 Å². The molecule has 1 heterocycles. The Hall–Kier alpha value is -3.44. The van der Waals surface area contributed by atoms with Crippen LogP contribution in [-0.2, 0) is 4.79 Å². The monoisotopic (exact) mass is 488 g/mol. The molecule has 35 heavy (non-hydrogen) atoms. The van der Waals surface area contributed by atoms with Gasteiger partial charge in [-0.05, 0) is 67.6 Å². The minimum atomic E-state index is -0.323. The number of rotatable bonds is 6. The van der Waals surface area contributed by atoms with Crippen LogP contribution < -0.4 is 20.1 Å². The molecule has 0 aromatic heterocycles. The number of ether oxygens (including phenoxy) is 2. The van der Waals surface area contributed by atoms with E-state index in [0.717, 1.165) is 33.8 Å². The molecule has 0 bridgehead atoms. The quantitative estimate of drug-likeness (QED) is 0.387. The molecule has 0 fully saturated rings.